The molecule has 38 heavy (non-hydrogen) atoms. The minimum atomic E-state index is -1.02. The zero-order chi connectivity index (χ0) is 27.2. The van der Waals surface area contributed by atoms with Crippen LogP contribution in [0.15, 0.2) is 36.4 Å². The lowest BCUT2D eigenvalue weighted by atomic mass is 9.88. The lowest BCUT2D eigenvalue weighted by Crippen LogP contribution is -2.47. The molecule has 0 aliphatic carbocycles. The molecule has 3 aromatic rings. The van der Waals surface area contributed by atoms with Crippen LogP contribution in [0.25, 0.3) is 10.9 Å². The molecule has 0 radical (unpaired) electrons. The van der Waals surface area contributed by atoms with Crippen molar-refractivity contribution in [1.82, 2.24) is 14.8 Å². The molecule has 2 aromatic carbocycles. The lowest BCUT2D eigenvalue weighted by Gasteiger charge is -2.29. The van der Waals surface area contributed by atoms with Gasteiger partial charge in [-0.25, -0.2) is 4.79 Å². The summed E-state index contributed by atoms with van der Waals surface area (Å²) in [6, 6.07) is 9.88. The zero-order valence-corrected chi connectivity index (χ0v) is 22.4. The molecular formula is C27H27Cl2N3O6. The van der Waals surface area contributed by atoms with Crippen molar-refractivity contribution in [2.75, 3.05) is 33.4 Å². The van der Waals surface area contributed by atoms with Crippen LogP contribution in [0, 0.1) is 5.92 Å². The first-order chi connectivity index (χ1) is 18.1. The maximum atomic E-state index is 13.6. The number of carboxylic acids is 1. The van der Waals surface area contributed by atoms with Crippen LogP contribution in [0.2, 0.25) is 10.0 Å². The molecule has 2 aliphatic heterocycles. The number of fused-ring (bicyclic) bond motifs is 1. The number of nitrogens with one attached hydrogen (secondary N) is 1. The Balaban J connectivity index is 1.41. The van der Waals surface area contributed by atoms with Gasteiger partial charge in [-0.3, -0.25) is 9.59 Å². The Morgan fingerprint density at radius 3 is 2.53 bits per heavy atom. The second-order valence-electron chi connectivity index (χ2n) is 9.90. The molecule has 0 bridgehead atoms. The third-order valence-corrected chi connectivity index (χ3v) is 8.24. The number of aromatic carboxylic acids is 1. The summed E-state index contributed by atoms with van der Waals surface area (Å²) >= 11 is 13.1. The van der Waals surface area contributed by atoms with Gasteiger partial charge in [0.15, 0.2) is 0 Å². The molecule has 9 nitrogen and oxygen atoms in total. The quantitative estimate of drug-likeness (QED) is 0.451. The topological polar surface area (TPSA) is 110 Å². The average molecular weight is 560 g/mol. The van der Waals surface area contributed by atoms with E-state index in [0.717, 1.165) is 5.56 Å². The van der Waals surface area contributed by atoms with Crippen LogP contribution in [0.5, 0.6) is 5.75 Å². The Morgan fingerprint density at radius 2 is 1.92 bits per heavy atom. The number of benzene rings is 2. The van der Waals surface area contributed by atoms with Crippen molar-refractivity contribution >= 4 is 51.9 Å². The van der Waals surface area contributed by atoms with E-state index in [1.165, 1.54) is 12.1 Å². The predicted molar refractivity (Wildman–Crippen MR) is 142 cm³/mol. The zero-order valence-electron chi connectivity index (χ0n) is 20.9. The molecule has 11 heteroatoms. The predicted octanol–water partition coefficient (Wildman–Crippen LogP) is 4.09. The number of likely N-dealkylation sites (tertiary alicyclic amines) is 1. The maximum absolute atomic E-state index is 13.6. The van der Waals surface area contributed by atoms with Crippen molar-refractivity contribution in [2.45, 2.75) is 18.4 Å². The minimum absolute atomic E-state index is 0.0576. The summed E-state index contributed by atoms with van der Waals surface area (Å²) in [5.74, 6) is -0.824. The number of hydrogen-bond acceptors (Lipinski definition) is 5. The SMILES string of the molecule is CN1CC(COc2cc3c(cc(C(=O)NC4(c5ccc(C(=O)O)cc5)CCOC4)n3C)c(Cl)c2Cl)CC1=O. The maximum Gasteiger partial charge on any atom is 0.335 e. The van der Waals surface area contributed by atoms with E-state index in [0.29, 0.717) is 54.9 Å². The number of carboxylic acid groups (broad SMARTS) is 1. The van der Waals surface area contributed by atoms with Gasteiger partial charge in [-0.15, -0.1) is 0 Å². The Hall–Kier alpha value is -3.27. The van der Waals surface area contributed by atoms with Crippen molar-refractivity contribution < 1.29 is 29.0 Å². The van der Waals surface area contributed by atoms with Gasteiger partial charge in [-0.2, -0.15) is 0 Å². The van der Waals surface area contributed by atoms with E-state index in [4.69, 9.17) is 32.7 Å². The molecule has 2 N–H and O–H groups in total. The Bertz CT molecular complexity index is 1430. The number of rotatable bonds is 7. The molecule has 2 atom stereocenters. The molecule has 200 valence electrons. The molecule has 1 aromatic heterocycles. The summed E-state index contributed by atoms with van der Waals surface area (Å²) in [6.07, 6.45) is 0.960. The van der Waals surface area contributed by atoms with Gasteiger partial charge in [0.2, 0.25) is 5.91 Å². The Morgan fingerprint density at radius 1 is 1.18 bits per heavy atom. The Labute approximate surface area is 229 Å². The first-order valence-corrected chi connectivity index (χ1v) is 12.9. The molecule has 2 fully saturated rings. The molecule has 2 aliphatic rings. The summed E-state index contributed by atoms with van der Waals surface area (Å²) in [7, 11) is 3.52. The molecule has 2 amide bonds. The summed E-state index contributed by atoms with van der Waals surface area (Å²) in [5.41, 5.74) is 1.17. The third kappa shape index (κ3) is 4.70. The van der Waals surface area contributed by atoms with Gasteiger partial charge >= 0.3 is 5.97 Å². The van der Waals surface area contributed by atoms with E-state index in [9.17, 15) is 19.5 Å². The molecule has 2 saturated heterocycles. The molecular weight excluding hydrogens is 533 g/mol. The van der Waals surface area contributed by atoms with Crippen LogP contribution >= 0.6 is 23.2 Å². The molecule has 0 saturated carbocycles. The second kappa shape index (κ2) is 10.1. The van der Waals surface area contributed by atoms with Crippen LogP contribution in [0.4, 0.5) is 0 Å². The van der Waals surface area contributed by atoms with Gasteiger partial charge in [0, 0.05) is 57.5 Å². The molecule has 5 rings (SSSR count). The van der Waals surface area contributed by atoms with Gasteiger partial charge in [0.1, 0.15) is 16.5 Å². The highest BCUT2D eigenvalue weighted by Crippen LogP contribution is 2.40. The number of hydrogen-bond donors (Lipinski definition) is 2. The van der Waals surface area contributed by atoms with Crippen molar-refractivity contribution in [3.05, 3.63) is 63.3 Å². The van der Waals surface area contributed by atoms with Crippen LogP contribution < -0.4 is 10.1 Å². The number of halogens is 2. The van der Waals surface area contributed by atoms with Crippen LogP contribution in [-0.2, 0) is 22.1 Å². The lowest BCUT2D eigenvalue weighted by molar-refractivity contribution is -0.126. The van der Waals surface area contributed by atoms with Crippen molar-refractivity contribution in [3.63, 3.8) is 0 Å². The Kier molecular flexibility index (Phi) is 7.02. The highest BCUT2D eigenvalue weighted by Gasteiger charge is 2.39. The van der Waals surface area contributed by atoms with Crippen LogP contribution in [-0.4, -0.2) is 65.8 Å². The summed E-state index contributed by atoms with van der Waals surface area (Å²) < 4.78 is 13.3. The fraction of sp³-hybridized carbons (Fsp3) is 0.370. The fourth-order valence-corrected chi connectivity index (χ4v) is 5.61. The van der Waals surface area contributed by atoms with E-state index >= 15 is 0 Å². The summed E-state index contributed by atoms with van der Waals surface area (Å²) in [4.78, 5) is 38.3. The number of aromatic nitrogens is 1. The van der Waals surface area contributed by atoms with Gasteiger partial charge in [-0.05, 0) is 23.8 Å². The number of aryl methyl sites for hydroxylation is 1. The van der Waals surface area contributed by atoms with E-state index in [1.54, 1.807) is 47.8 Å². The van der Waals surface area contributed by atoms with E-state index in [1.807, 2.05) is 0 Å². The van der Waals surface area contributed by atoms with Crippen LogP contribution in [0.3, 0.4) is 0 Å². The number of carbonyl (C=O) groups is 3. The number of carbonyl (C=O) groups excluding carboxylic acids is 2. The second-order valence-corrected chi connectivity index (χ2v) is 10.7. The monoisotopic (exact) mass is 559 g/mol. The normalized spacial score (nSPS) is 21.3. The summed E-state index contributed by atoms with van der Waals surface area (Å²) in [6.45, 7) is 1.66. The van der Waals surface area contributed by atoms with Gasteiger partial charge in [0.05, 0.1) is 34.9 Å². The molecule has 2 unspecified atom stereocenters. The fourth-order valence-electron chi connectivity index (χ4n) is 5.16. The minimum Gasteiger partial charge on any atom is -0.492 e. The third-order valence-electron chi connectivity index (χ3n) is 7.38. The number of ether oxygens (including phenoxy) is 2. The van der Waals surface area contributed by atoms with E-state index in [2.05, 4.69) is 5.32 Å². The van der Waals surface area contributed by atoms with Gasteiger partial charge < -0.3 is 29.4 Å². The van der Waals surface area contributed by atoms with Gasteiger partial charge in [0.25, 0.3) is 5.91 Å². The van der Waals surface area contributed by atoms with Crippen molar-refractivity contribution in [1.29, 1.82) is 0 Å². The number of nitrogens with zero attached hydrogens (tertiary/aromatic N) is 2. The highest BCUT2D eigenvalue weighted by molar-refractivity contribution is 6.46. The van der Waals surface area contributed by atoms with Crippen molar-refractivity contribution in [3.8, 4) is 5.75 Å². The van der Waals surface area contributed by atoms with E-state index < -0.39 is 11.5 Å². The summed E-state index contributed by atoms with van der Waals surface area (Å²) in [5, 5.41) is 13.5. The number of amides is 2. The van der Waals surface area contributed by atoms with E-state index in [-0.39, 0.29) is 39.9 Å². The smallest absolute Gasteiger partial charge is 0.335 e. The standard InChI is InChI=1S/C27H27Cl2N3O6/c1-31-12-15(9-22(31)33)13-38-21-11-19-18(23(28)24(21)29)10-20(32(19)2)25(34)30-27(7-8-37-14-27)17-5-3-16(4-6-17)26(35)36/h3-6,10-11,15H,7-9,12-14H2,1-2H3,(H,30,34)(H,35,36). The first kappa shape index (κ1) is 26.3. The average Bonchev–Trinajstić information content (AvgIpc) is 3.59. The largest absolute Gasteiger partial charge is 0.492 e. The molecule has 0 spiro atoms. The molecule has 3 heterocycles. The van der Waals surface area contributed by atoms with Crippen LogP contribution in [0.1, 0.15) is 39.3 Å². The van der Waals surface area contributed by atoms with Crippen molar-refractivity contribution in [2.24, 2.45) is 13.0 Å². The first-order valence-electron chi connectivity index (χ1n) is 12.2. The highest BCUT2D eigenvalue weighted by atomic mass is 35.5. The van der Waals surface area contributed by atoms with Gasteiger partial charge in [-0.1, -0.05) is 35.3 Å².